The Morgan fingerprint density at radius 3 is 2.73 bits per heavy atom. The molecule has 0 spiro atoms. The monoisotopic (exact) mass is 214 g/mol. The molecule has 2 atom stereocenters. The minimum atomic E-state index is 0.545. The fourth-order valence-corrected chi connectivity index (χ4v) is 2.45. The van der Waals surface area contributed by atoms with E-state index in [1.54, 1.807) is 0 Å². The van der Waals surface area contributed by atoms with Crippen LogP contribution in [0.2, 0.25) is 0 Å². The number of rotatable bonds is 5. The van der Waals surface area contributed by atoms with Gasteiger partial charge < -0.3 is 10.1 Å². The first-order chi connectivity index (χ1) is 7.20. The summed E-state index contributed by atoms with van der Waals surface area (Å²) >= 11 is 0. The SMILES string of the molecule is CCCN(C(C)C)C1COCCC1NC. The second kappa shape index (κ2) is 6.46. The van der Waals surface area contributed by atoms with Crippen LogP contribution in [0.25, 0.3) is 0 Å². The highest BCUT2D eigenvalue weighted by Gasteiger charge is 2.30. The van der Waals surface area contributed by atoms with E-state index in [2.05, 4.69) is 38.0 Å². The molecule has 0 aromatic carbocycles. The van der Waals surface area contributed by atoms with E-state index in [4.69, 9.17) is 4.74 Å². The third-order valence-corrected chi connectivity index (χ3v) is 3.27. The van der Waals surface area contributed by atoms with Gasteiger partial charge in [-0.15, -0.1) is 0 Å². The van der Waals surface area contributed by atoms with Crippen LogP contribution < -0.4 is 5.32 Å². The van der Waals surface area contributed by atoms with E-state index in [9.17, 15) is 0 Å². The lowest BCUT2D eigenvalue weighted by molar-refractivity contribution is -0.0129. The maximum atomic E-state index is 5.61. The number of likely N-dealkylation sites (N-methyl/N-ethyl adjacent to an activating group) is 1. The normalized spacial score (nSPS) is 27.6. The summed E-state index contributed by atoms with van der Waals surface area (Å²) < 4.78 is 5.61. The molecule has 0 aromatic heterocycles. The van der Waals surface area contributed by atoms with Gasteiger partial charge >= 0.3 is 0 Å². The lowest BCUT2D eigenvalue weighted by Gasteiger charge is -2.41. The fourth-order valence-electron chi connectivity index (χ4n) is 2.45. The number of ether oxygens (including phenoxy) is 1. The molecule has 0 aliphatic carbocycles. The van der Waals surface area contributed by atoms with Crippen molar-refractivity contribution in [1.29, 1.82) is 0 Å². The summed E-state index contributed by atoms with van der Waals surface area (Å²) in [4.78, 5) is 2.57. The van der Waals surface area contributed by atoms with Crippen molar-refractivity contribution in [1.82, 2.24) is 10.2 Å². The smallest absolute Gasteiger partial charge is 0.0637 e. The van der Waals surface area contributed by atoms with Gasteiger partial charge in [0.1, 0.15) is 0 Å². The van der Waals surface area contributed by atoms with E-state index >= 15 is 0 Å². The predicted octanol–water partition coefficient (Wildman–Crippen LogP) is 1.48. The average molecular weight is 214 g/mol. The standard InChI is InChI=1S/C12H26N2O/c1-5-7-14(10(2)3)12-9-15-8-6-11(12)13-4/h10-13H,5-9H2,1-4H3. The van der Waals surface area contributed by atoms with Crippen molar-refractivity contribution < 1.29 is 4.74 Å². The molecular weight excluding hydrogens is 188 g/mol. The molecular formula is C12H26N2O. The van der Waals surface area contributed by atoms with Crippen LogP contribution in [0.3, 0.4) is 0 Å². The van der Waals surface area contributed by atoms with Crippen LogP contribution in [-0.4, -0.2) is 49.8 Å². The summed E-state index contributed by atoms with van der Waals surface area (Å²) in [6.45, 7) is 9.75. The Bertz CT molecular complexity index is 173. The van der Waals surface area contributed by atoms with Crippen molar-refractivity contribution in [3.63, 3.8) is 0 Å². The van der Waals surface area contributed by atoms with Crippen LogP contribution in [0.1, 0.15) is 33.6 Å². The maximum Gasteiger partial charge on any atom is 0.0637 e. The Morgan fingerprint density at radius 1 is 1.47 bits per heavy atom. The minimum absolute atomic E-state index is 0.545. The van der Waals surface area contributed by atoms with Gasteiger partial charge in [0.2, 0.25) is 0 Å². The van der Waals surface area contributed by atoms with Gasteiger partial charge in [-0.1, -0.05) is 6.92 Å². The zero-order valence-electron chi connectivity index (χ0n) is 10.6. The quantitative estimate of drug-likeness (QED) is 0.750. The molecule has 0 radical (unpaired) electrons. The van der Waals surface area contributed by atoms with Crippen molar-refractivity contribution in [2.45, 2.75) is 51.7 Å². The second-order valence-corrected chi connectivity index (χ2v) is 4.66. The fraction of sp³-hybridized carbons (Fsp3) is 1.00. The third-order valence-electron chi connectivity index (χ3n) is 3.27. The average Bonchev–Trinajstić information content (AvgIpc) is 2.25. The zero-order chi connectivity index (χ0) is 11.3. The van der Waals surface area contributed by atoms with Gasteiger partial charge in [-0.2, -0.15) is 0 Å². The Labute approximate surface area is 94.2 Å². The topological polar surface area (TPSA) is 24.5 Å². The van der Waals surface area contributed by atoms with E-state index in [1.807, 2.05) is 0 Å². The van der Waals surface area contributed by atoms with Crippen molar-refractivity contribution >= 4 is 0 Å². The molecule has 1 fully saturated rings. The highest BCUT2D eigenvalue weighted by molar-refractivity contribution is 4.87. The van der Waals surface area contributed by atoms with Crippen molar-refractivity contribution in [3.05, 3.63) is 0 Å². The molecule has 3 nitrogen and oxygen atoms in total. The first-order valence-electron chi connectivity index (χ1n) is 6.21. The molecule has 0 amide bonds. The molecule has 0 aromatic rings. The van der Waals surface area contributed by atoms with Crippen LogP contribution in [0.4, 0.5) is 0 Å². The molecule has 1 aliphatic rings. The van der Waals surface area contributed by atoms with Crippen LogP contribution in [0.5, 0.6) is 0 Å². The van der Waals surface area contributed by atoms with E-state index in [0.29, 0.717) is 18.1 Å². The van der Waals surface area contributed by atoms with Crippen LogP contribution in [0.15, 0.2) is 0 Å². The Kier molecular flexibility index (Phi) is 5.58. The van der Waals surface area contributed by atoms with Crippen LogP contribution >= 0.6 is 0 Å². The Morgan fingerprint density at radius 2 is 2.20 bits per heavy atom. The summed E-state index contributed by atoms with van der Waals surface area (Å²) in [6, 6.07) is 1.74. The molecule has 1 N–H and O–H groups in total. The van der Waals surface area contributed by atoms with Crippen molar-refractivity contribution in [2.24, 2.45) is 0 Å². The molecule has 90 valence electrons. The number of hydrogen-bond acceptors (Lipinski definition) is 3. The van der Waals surface area contributed by atoms with Crippen molar-refractivity contribution in [2.75, 3.05) is 26.8 Å². The van der Waals surface area contributed by atoms with Crippen molar-refractivity contribution in [3.8, 4) is 0 Å². The lowest BCUT2D eigenvalue weighted by atomic mass is 10.0. The largest absolute Gasteiger partial charge is 0.380 e. The second-order valence-electron chi connectivity index (χ2n) is 4.66. The Balaban J connectivity index is 2.61. The minimum Gasteiger partial charge on any atom is -0.380 e. The summed E-state index contributed by atoms with van der Waals surface area (Å²) in [5.41, 5.74) is 0. The van der Waals surface area contributed by atoms with E-state index in [-0.39, 0.29) is 0 Å². The van der Waals surface area contributed by atoms with E-state index in [0.717, 1.165) is 19.6 Å². The number of hydrogen-bond donors (Lipinski definition) is 1. The van der Waals surface area contributed by atoms with Crippen LogP contribution in [0, 0.1) is 0 Å². The molecule has 1 aliphatic heterocycles. The molecule has 2 unspecified atom stereocenters. The zero-order valence-corrected chi connectivity index (χ0v) is 10.6. The predicted molar refractivity (Wildman–Crippen MR) is 64.2 cm³/mol. The first kappa shape index (κ1) is 12.9. The molecule has 0 bridgehead atoms. The van der Waals surface area contributed by atoms with E-state index in [1.165, 1.54) is 13.0 Å². The summed E-state index contributed by atoms with van der Waals surface area (Å²) in [6.07, 6.45) is 2.35. The molecule has 15 heavy (non-hydrogen) atoms. The molecule has 1 rings (SSSR count). The van der Waals surface area contributed by atoms with Gasteiger partial charge in [0.25, 0.3) is 0 Å². The first-order valence-corrected chi connectivity index (χ1v) is 6.21. The molecule has 0 saturated carbocycles. The third kappa shape index (κ3) is 3.44. The van der Waals surface area contributed by atoms with E-state index < -0.39 is 0 Å². The van der Waals surface area contributed by atoms with Gasteiger partial charge in [-0.3, -0.25) is 4.90 Å². The summed E-state index contributed by atoms with van der Waals surface area (Å²) in [5.74, 6) is 0. The molecule has 1 heterocycles. The van der Waals surface area contributed by atoms with Gasteiger partial charge in [-0.25, -0.2) is 0 Å². The highest BCUT2D eigenvalue weighted by Crippen LogP contribution is 2.17. The van der Waals surface area contributed by atoms with Gasteiger partial charge in [-0.05, 0) is 40.3 Å². The van der Waals surface area contributed by atoms with Crippen LogP contribution in [-0.2, 0) is 4.74 Å². The summed E-state index contributed by atoms with van der Waals surface area (Å²) in [7, 11) is 2.06. The number of nitrogens with zero attached hydrogens (tertiary/aromatic N) is 1. The van der Waals surface area contributed by atoms with Gasteiger partial charge in [0, 0.05) is 24.7 Å². The highest BCUT2D eigenvalue weighted by atomic mass is 16.5. The lowest BCUT2D eigenvalue weighted by Crippen LogP contribution is -2.56. The Hall–Kier alpha value is -0.120. The summed E-state index contributed by atoms with van der Waals surface area (Å²) in [5, 5.41) is 3.43. The molecule has 1 saturated heterocycles. The van der Waals surface area contributed by atoms with Gasteiger partial charge in [0.15, 0.2) is 0 Å². The van der Waals surface area contributed by atoms with Gasteiger partial charge in [0.05, 0.1) is 6.61 Å². The number of nitrogens with one attached hydrogen (secondary N) is 1. The maximum absolute atomic E-state index is 5.61. The molecule has 3 heteroatoms.